The topological polar surface area (TPSA) is 0 Å². The smallest absolute Gasteiger partial charge is 0.125 e. The minimum atomic E-state index is -2.72. The third-order valence-corrected chi connectivity index (χ3v) is 5.24. The van der Waals surface area contributed by atoms with Crippen molar-refractivity contribution in [3.8, 4) is 0 Å². The van der Waals surface area contributed by atoms with E-state index < -0.39 is 6.00 Å². The van der Waals surface area contributed by atoms with Crippen molar-refractivity contribution in [3.63, 3.8) is 0 Å². The van der Waals surface area contributed by atoms with Crippen molar-refractivity contribution in [1.29, 1.82) is 0 Å². The van der Waals surface area contributed by atoms with E-state index in [2.05, 4.69) is 0 Å². The van der Waals surface area contributed by atoms with Gasteiger partial charge in [-0.2, -0.15) is 0 Å². The first-order valence-corrected chi connectivity index (χ1v) is 9.41. The van der Waals surface area contributed by atoms with Gasteiger partial charge in [0.2, 0.25) is 0 Å². The second-order valence-corrected chi connectivity index (χ2v) is 11.8. The molecule has 1 aromatic rings. The summed E-state index contributed by atoms with van der Waals surface area (Å²) in [4.78, 5) is 0. The van der Waals surface area contributed by atoms with Crippen LogP contribution in [-0.4, -0.2) is 6.00 Å². The second kappa shape index (κ2) is 5.22. The fraction of sp³-hybridized carbons (Fsp3) is 0.200. The fourth-order valence-corrected chi connectivity index (χ4v) is 4.03. The second-order valence-electron chi connectivity index (χ2n) is 2.96. The Morgan fingerprint density at radius 3 is 2.14 bits per heavy atom. The molecule has 1 rings (SSSR count). The fourth-order valence-electron chi connectivity index (χ4n) is 1.26. The molecule has 0 aliphatic heterocycles. The molecule has 0 fully saturated rings. The van der Waals surface area contributed by atoms with Crippen molar-refractivity contribution in [2.45, 2.75) is 12.5 Å². The molecule has 14 heavy (non-hydrogen) atoms. The molecule has 0 saturated carbocycles. The largest absolute Gasteiger partial charge is 0.352 e. The lowest BCUT2D eigenvalue weighted by molar-refractivity contribution is 1.19. The quantitative estimate of drug-likeness (QED) is 0.428. The van der Waals surface area contributed by atoms with Crippen molar-refractivity contribution in [3.05, 3.63) is 48.0 Å². The lowest BCUT2D eigenvalue weighted by Gasteiger charge is -2.18. The number of allylic oxidation sites excluding steroid dienone is 2. The summed E-state index contributed by atoms with van der Waals surface area (Å²) in [6.45, 7) is 1.93. The maximum absolute atomic E-state index is 6.03. The average molecular weight is 266 g/mol. The van der Waals surface area contributed by atoms with E-state index in [0.717, 1.165) is 5.56 Å². The van der Waals surface area contributed by atoms with Crippen LogP contribution in [-0.2, 0) is 0 Å². The minimum Gasteiger partial charge on any atom is -0.125 e. The normalized spacial score (nSPS) is 14.6. The first-order chi connectivity index (χ1) is 6.55. The molecular formula is C10H11Cl3Si. The van der Waals surface area contributed by atoms with E-state index in [1.165, 1.54) is 0 Å². The first kappa shape index (κ1) is 12.1. The van der Waals surface area contributed by atoms with Gasteiger partial charge in [-0.05, 0) is 12.5 Å². The van der Waals surface area contributed by atoms with Gasteiger partial charge in [0.1, 0.15) is 0 Å². The highest BCUT2D eigenvalue weighted by atomic mass is 35.8. The van der Waals surface area contributed by atoms with Gasteiger partial charge < -0.3 is 0 Å². The van der Waals surface area contributed by atoms with Gasteiger partial charge >= 0.3 is 6.00 Å². The van der Waals surface area contributed by atoms with Crippen LogP contribution in [0.1, 0.15) is 18.0 Å². The molecule has 4 heteroatoms. The van der Waals surface area contributed by atoms with Crippen LogP contribution in [0.25, 0.3) is 0 Å². The van der Waals surface area contributed by atoms with Crippen molar-refractivity contribution in [2.24, 2.45) is 0 Å². The summed E-state index contributed by atoms with van der Waals surface area (Å²) in [5, 5.41) is 0. The van der Waals surface area contributed by atoms with Gasteiger partial charge in [-0.25, -0.2) is 0 Å². The van der Waals surface area contributed by atoms with Crippen LogP contribution in [0, 0.1) is 0 Å². The summed E-state index contributed by atoms with van der Waals surface area (Å²) in [5.41, 5.74) is 1.01. The lowest BCUT2D eigenvalue weighted by atomic mass is 10.1. The minimum absolute atomic E-state index is 0.0568. The van der Waals surface area contributed by atoms with Crippen LogP contribution < -0.4 is 0 Å². The number of halogens is 3. The third kappa shape index (κ3) is 3.32. The van der Waals surface area contributed by atoms with Crippen LogP contribution in [0.5, 0.6) is 0 Å². The Kier molecular flexibility index (Phi) is 4.52. The molecule has 0 nitrogen and oxygen atoms in total. The zero-order chi connectivity index (χ0) is 10.6. The molecule has 0 N–H and O–H groups in total. The highest BCUT2D eigenvalue weighted by Crippen LogP contribution is 2.37. The molecule has 0 radical (unpaired) electrons. The van der Waals surface area contributed by atoms with E-state index in [1.807, 2.05) is 49.4 Å². The monoisotopic (exact) mass is 264 g/mol. The van der Waals surface area contributed by atoms with Crippen molar-refractivity contribution >= 4 is 39.2 Å². The third-order valence-electron chi connectivity index (χ3n) is 1.90. The Bertz CT molecular complexity index is 303. The van der Waals surface area contributed by atoms with Gasteiger partial charge in [0.15, 0.2) is 0 Å². The van der Waals surface area contributed by atoms with Crippen LogP contribution >= 0.6 is 33.2 Å². The molecule has 0 aliphatic carbocycles. The molecule has 0 aromatic heterocycles. The molecule has 76 valence electrons. The van der Waals surface area contributed by atoms with E-state index in [1.54, 1.807) is 0 Å². The van der Waals surface area contributed by atoms with Crippen molar-refractivity contribution in [2.75, 3.05) is 0 Å². The van der Waals surface area contributed by atoms with Gasteiger partial charge in [-0.3, -0.25) is 0 Å². The van der Waals surface area contributed by atoms with Gasteiger partial charge in [-0.15, -0.1) is 33.2 Å². The van der Waals surface area contributed by atoms with E-state index in [-0.39, 0.29) is 5.54 Å². The van der Waals surface area contributed by atoms with Crippen LogP contribution in [0.2, 0.25) is 0 Å². The Balaban J connectivity index is 3.01. The Labute approximate surface area is 99.6 Å². The summed E-state index contributed by atoms with van der Waals surface area (Å²) < 4.78 is 0. The van der Waals surface area contributed by atoms with Crippen LogP contribution in [0.3, 0.4) is 0 Å². The summed E-state index contributed by atoms with van der Waals surface area (Å²) in [5.74, 6) is 0. The predicted octanol–water partition coefficient (Wildman–Crippen LogP) is 4.54. The van der Waals surface area contributed by atoms with Crippen molar-refractivity contribution in [1.82, 2.24) is 0 Å². The van der Waals surface area contributed by atoms with E-state index in [4.69, 9.17) is 33.2 Å². The van der Waals surface area contributed by atoms with Gasteiger partial charge in [0.25, 0.3) is 0 Å². The summed E-state index contributed by atoms with van der Waals surface area (Å²) >= 11 is 18.1. The predicted molar refractivity (Wildman–Crippen MR) is 67.3 cm³/mol. The first-order valence-electron chi connectivity index (χ1n) is 4.30. The van der Waals surface area contributed by atoms with Gasteiger partial charge in [0, 0.05) is 5.54 Å². The maximum Gasteiger partial charge on any atom is 0.352 e. The molecule has 1 atom stereocenters. The number of hydrogen-bond acceptors (Lipinski definition) is 0. The zero-order valence-electron chi connectivity index (χ0n) is 7.75. The molecular weight excluding hydrogens is 255 g/mol. The Hall–Kier alpha value is 0.0469. The number of rotatable bonds is 3. The van der Waals surface area contributed by atoms with Crippen LogP contribution in [0.15, 0.2) is 42.5 Å². The standard InChI is InChI=1S/C10H11Cl3Si/c1-2-6-10(14(11,12)13)9-7-4-3-5-8-9/h2-8,10H,1H3. The molecule has 0 amide bonds. The molecule has 0 saturated heterocycles. The summed E-state index contributed by atoms with van der Waals surface area (Å²) in [7, 11) is 0. The molecule has 0 aliphatic rings. The van der Waals surface area contributed by atoms with Crippen LogP contribution in [0.4, 0.5) is 0 Å². The summed E-state index contributed by atoms with van der Waals surface area (Å²) in [6, 6.07) is 7.12. The lowest BCUT2D eigenvalue weighted by Crippen LogP contribution is -2.21. The van der Waals surface area contributed by atoms with Gasteiger partial charge in [-0.1, -0.05) is 42.5 Å². The zero-order valence-corrected chi connectivity index (χ0v) is 11.0. The van der Waals surface area contributed by atoms with E-state index >= 15 is 0 Å². The van der Waals surface area contributed by atoms with E-state index in [0.29, 0.717) is 0 Å². The number of benzene rings is 1. The molecule has 0 bridgehead atoms. The average Bonchev–Trinajstić information content (AvgIpc) is 2.14. The maximum atomic E-state index is 6.03. The molecule has 1 unspecified atom stereocenters. The van der Waals surface area contributed by atoms with Gasteiger partial charge in [0.05, 0.1) is 0 Å². The molecule has 1 aromatic carbocycles. The number of hydrogen-bond donors (Lipinski definition) is 0. The van der Waals surface area contributed by atoms with Crippen molar-refractivity contribution < 1.29 is 0 Å². The molecule has 0 spiro atoms. The highest BCUT2D eigenvalue weighted by molar-refractivity contribution is 7.65. The Morgan fingerprint density at radius 1 is 1.14 bits per heavy atom. The SMILES string of the molecule is CC=CC(c1ccccc1)[Si](Cl)(Cl)Cl. The summed E-state index contributed by atoms with van der Waals surface area (Å²) in [6.07, 6.45) is 3.88. The Morgan fingerprint density at radius 2 is 1.71 bits per heavy atom. The highest BCUT2D eigenvalue weighted by Gasteiger charge is 2.35. The van der Waals surface area contributed by atoms with E-state index in [9.17, 15) is 0 Å². The molecule has 0 heterocycles.